The third-order valence-corrected chi connectivity index (χ3v) is 4.59. The molecule has 116 valence electrons. The van der Waals surface area contributed by atoms with Gasteiger partial charge >= 0.3 is 0 Å². The van der Waals surface area contributed by atoms with Crippen LogP contribution in [-0.2, 0) is 0 Å². The lowest BCUT2D eigenvalue weighted by Crippen LogP contribution is -2.04. The Labute approximate surface area is 133 Å². The highest BCUT2D eigenvalue weighted by Gasteiger charge is 2.20. The number of H-pyrrole nitrogens is 1. The number of non-ortho nitro benzene ring substituents is 1. The average molecular weight is 329 g/mol. The van der Waals surface area contributed by atoms with E-state index >= 15 is 0 Å². The Balaban J connectivity index is 2.11. The van der Waals surface area contributed by atoms with Gasteiger partial charge in [0, 0.05) is 29.1 Å². The first-order valence-corrected chi connectivity index (χ1v) is 7.41. The second-order valence-electron chi connectivity index (χ2n) is 5.00. The highest BCUT2D eigenvalue weighted by molar-refractivity contribution is 7.21. The first-order chi connectivity index (χ1) is 10.9. The molecule has 0 unspecified atom stereocenters. The highest BCUT2D eigenvalue weighted by Crippen LogP contribution is 2.35. The summed E-state index contributed by atoms with van der Waals surface area (Å²) in [4.78, 5) is 37.7. The molecular weight excluding hydrogens is 318 g/mol. The Morgan fingerprint density at radius 2 is 1.96 bits per heavy atom. The fourth-order valence-electron chi connectivity index (χ4n) is 2.37. The predicted molar refractivity (Wildman–Crippen MR) is 88.1 cm³/mol. The number of aromatic amines is 1. The molecular formula is C15H11N3O4S. The summed E-state index contributed by atoms with van der Waals surface area (Å²) in [5.41, 5.74) is 7.02. The predicted octanol–water partition coefficient (Wildman–Crippen LogP) is 2.62. The first kappa shape index (κ1) is 14.9. The molecule has 1 aromatic carbocycles. The highest BCUT2D eigenvalue weighted by atomic mass is 32.1. The number of nitrogens with two attached hydrogens (primary N) is 1. The molecule has 0 radical (unpaired) electrons. The lowest BCUT2D eigenvalue weighted by molar-refractivity contribution is -0.384. The van der Waals surface area contributed by atoms with Gasteiger partial charge in [-0.2, -0.15) is 0 Å². The van der Waals surface area contributed by atoms with Crippen molar-refractivity contribution in [3.63, 3.8) is 0 Å². The van der Waals surface area contributed by atoms with Crippen molar-refractivity contribution in [3.05, 3.63) is 66.8 Å². The molecule has 3 aromatic rings. The van der Waals surface area contributed by atoms with Crippen LogP contribution in [-0.4, -0.2) is 15.7 Å². The van der Waals surface area contributed by atoms with Gasteiger partial charge in [0.15, 0.2) is 0 Å². The Morgan fingerprint density at radius 1 is 1.30 bits per heavy atom. The number of anilines is 1. The van der Waals surface area contributed by atoms with Gasteiger partial charge in [0.2, 0.25) is 11.3 Å². The van der Waals surface area contributed by atoms with E-state index in [1.807, 2.05) is 0 Å². The summed E-state index contributed by atoms with van der Waals surface area (Å²) in [6, 6.07) is 6.74. The Bertz CT molecular complexity index is 1000. The summed E-state index contributed by atoms with van der Waals surface area (Å²) in [7, 11) is 0. The number of nitrogens with one attached hydrogen (secondary N) is 1. The number of nitro groups is 1. The molecule has 0 amide bonds. The number of ketones is 1. The molecule has 7 nitrogen and oxygen atoms in total. The number of carbonyl (C=O) groups excluding carboxylic acids is 1. The number of carbonyl (C=O) groups is 1. The lowest BCUT2D eigenvalue weighted by Gasteiger charge is -2.00. The number of rotatable bonds is 3. The minimum Gasteiger partial charge on any atom is -0.397 e. The van der Waals surface area contributed by atoms with Crippen molar-refractivity contribution >= 4 is 38.7 Å². The summed E-state index contributed by atoms with van der Waals surface area (Å²) >= 11 is 1.10. The van der Waals surface area contributed by atoms with Crippen molar-refractivity contribution in [1.82, 2.24) is 4.98 Å². The van der Waals surface area contributed by atoms with Crippen molar-refractivity contribution in [1.29, 1.82) is 0 Å². The number of benzene rings is 1. The van der Waals surface area contributed by atoms with Gasteiger partial charge in [-0.15, -0.1) is 11.3 Å². The number of hydrogen-bond donors (Lipinski definition) is 2. The molecule has 8 heteroatoms. The van der Waals surface area contributed by atoms with Crippen molar-refractivity contribution in [2.24, 2.45) is 0 Å². The summed E-state index contributed by atoms with van der Waals surface area (Å²) in [6.45, 7) is 1.75. The zero-order valence-electron chi connectivity index (χ0n) is 12.0. The van der Waals surface area contributed by atoms with Crippen molar-refractivity contribution in [3.8, 4) is 0 Å². The normalized spacial score (nSPS) is 10.8. The van der Waals surface area contributed by atoms with E-state index in [-0.39, 0.29) is 17.0 Å². The second kappa shape index (κ2) is 5.33. The van der Waals surface area contributed by atoms with Crippen LogP contribution in [0.3, 0.4) is 0 Å². The van der Waals surface area contributed by atoms with Crippen molar-refractivity contribution in [2.45, 2.75) is 6.92 Å². The van der Waals surface area contributed by atoms with E-state index in [1.54, 1.807) is 6.92 Å². The summed E-state index contributed by atoms with van der Waals surface area (Å²) in [5.74, 6) is -0.334. The van der Waals surface area contributed by atoms with Gasteiger partial charge in [0.05, 0.1) is 10.6 Å². The first-order valence-electron chi connectivity index (χ1n) is 6.59. The van der Waals surface area contributed by atoms with Gasteiger partial charge in [0.1, 0.15) is 9.71 Å². The van der Waals surface area contributed by atoms with Crippen LogP contribution < -0.4 is 11.3 Å². The molecule has 0 atom stereocenters. The van der Waals surface area contributed by atoms with Crippen LogP contribution >= 0.6 is 11.3 Å². The number of fused-ring (bicyclic) bond motifs is 1. The maximum absolute atomic E-state index is 12.6. The van der Waals surface area contributed by atoms with E-state index in [4.69, 9.17) is 5.73 Å². The molecule has 2 aromatic heterocycles. The van der Waals surface area contributed by atoms with Crippen LogP contribution in [0.1, 0.15) is 20.8 Å². The number of aromatic nitrogens is 1. The van der Waals surface area contributed by atoms with E-state index in [0.29, 0.717) is 31.9 Å². The molecule has 0 aliphatic heterocycles. The van der Waals surface area contributed by atoms with E-state index in [2.05, 4.69) is 4.98 Å². The number of thiophene rings is 1. The number of nitro benzene ring substituents is 1. The summed E-state index contributed by atoms with van der Waals surface area (Å²) in [5, 5.41) is 11.3. The SMILES string of the molecule is Cc1cc(=O)[nH]c2sc(C(=O)c3ccc([N+](=O)[O-])cc3)c(N)c12. The monoisotopic (exact) mass is 329 g/mol. The van der Waals surface area contributed by atoms with Crippen LogP contribution in [0, 0.1) is 17.0 Å². The van der Waals surface area contributed by atoms with Crippen LogP contribution in [0.4, 0.5) is 11.4 Å². The summed E-state index contributed by atoms with van der Waals surface area (Å²) in [6.07, 6.45) is 0. The summed E-state index contributed by atoms with van der Waals surface area (Å²) < 4.78 is 0. The third-order valence-electron chi connectivity index (χ3n) is 3.47. The molecule has 3 N–H and O–H groups in total. The molecule has 0 spiro atoms. The fourth-order valence-corrected chi connectivity index (χ4v) is 3.53. The van der Waals surface area contributed by atoms with Gasteiger partial charge in [-0.3, -0.25) is 19.7 Å². The molecule has 0 aliphatic rings. The van der Waals surface area contributed by atoms with Crippen molar-refractivity contribution in [2.75, 3.05) is 5.73 Å². The lowest BCUT2D eigenvalue weighted by atomic mass is 10.1. The van der Waals surface area contributed by atoms with Crippen LogP contribution in [0.5, 0.6) is 0 Å². The van der Waals surface area contributed by atoms with Crippen LogP contribution in [0.15, 0.2) is 35.1 Å². The van der Waals surface area contributed by atoms with E-state index in [1.165, 1.54) is 30.3 Å². The van der Waals surface area contributed by atoms with Crippen molar-refractivity contribution < 1.29 is 9.72 Å². The number of nitrogens with zero attached hydrogens (tertiary/aromatic N) is 1. The molecule has 3 rings (SSSR count). The van der Waals surface area contributed by atoms with E-state index < -0.39 is 4.92 Å². The van der Waals surface area contributed by atoms with Gasteiger partial charge in [0.25, 0.3) is 5.69 Å². The fraction of sp³-hybridized carbons (Fsp3) is 0.0667. The van der Waals surface area contributed by atoms with Gasteiger partial charge in [-0.25, -0.2) is 0 Å². The smallest absolute Gasteiger partial charge is 0.269 e. The van der Waals surface area contributed by atoms with Crippen LogP contribution in [0.25, 0.3) is 10.2 Å². The maximum atomic E-state index is 12.6. The number of pyridine rings is 1. The molecule has 0 fully saturated rings. The quantitative estimate of drug-likeness (QED) is 0.435. The zero-order chi connectivity index (χ0) is 16.7. The minimum atomic E-state index is -0.532. The Hall–Kier alpha value is -3.00. The minimum absolute atomic E-state index is 0.0916. The average Bonchev–Trinajstić information content (AvgIpc) is 2.83. The number of aryl methyl sites for hydroxylation is 1. The second-order valence-corrected chi connectivity index (χ2v) is 6.02. The molecule has 23 heavy (non-hydrogen) atoms. The number of hydrogen-bond acceptors (Lipinski definition) is 6. The van der Waals surface area contributed by atoms with E-state index in [0.717, 1.165) is 11.3 Å². The maximum Gasteiger partial charge on any atom is 0.269 e. The molecule has 0 bridgehead atoms. The Kier molecular flexibility index (Phi) is 3.45. The third kappa shape index (κ3) is 2.49. The largest absolute Gasteiger partial charge is 0.397 e. The van der Waals surface area contributed by atoms with Gasteiger partial charge in [-0.05, 0) is 24.6 Å². The van der Waals surface area contributed by atoms with Gasteiger partial charge < -0.3 is 10.7 Å². The van der Waals surface area contributed by atoms with E-state index in [9.17, 15) is 19.7 Å². The zero-order valence-corrected chi connectivity index (χ0v) is 12.8. The number of nitrogen functional groups attached to an aromatic ring is 1. The topological polar surface area (TPSA) is 119 Å². The molecule has 0 saturated heterocycles. The molecule has 0 saturated carbocycles. The molecule has 2 heterocycles. The van der Waals surface area contributed by atoms with Gasteiger partial charge in [-0.1, -0.05) is 0 Å². The standard InChI is InChI=1S/C15H11N3O4S/c1-7-6-10(19)17-15-11(7)12(16)14(23-15)13(20)8-2-4-9(5-3-8)18(21)22/h2-6H,16H2,1H3,(H,17,19). The van der Waals surface area contributed by atoms with Crippen LogP contribution in [0.2, 0.25) is 0 Å². The Morgan fingerprint density at radius 3 is 2.57 bits per heavy atom. The molecule has 0 aliphatic carbocycles.